The Hall–Kier alpha value is -1.71. The smallest absolute Gasteiger partial charge is 0.404 e. The maximum atomic E-state index is 9.37. The normalized spacial score (nSPS) is 8.21. The molecule has 0 aliphatic heterocycles. The minimum Gasteiger partial charge on any atom is -0.497 e. The molecule has 0 radical (unpaired) electrons. The van der Waals surface area contributed by atoms with Crippen molar-refractivity contribution in [3.63, 3.8) is 0 Å². The van der Waals surface area contributed by atoms with Gasteiger partial charge in [0.2, 0.25) is 0 Å². The van der Waals surface area contributed by atoms with Gasteiger partial charge in [-0.2, -0.15) is 0 Å². The molecular formula is C10H15NO3. The summed E-state index contributed by atoms with van der Waals surface area (Å²) in [7, 11) is 2.90. The van der Waals surface area contributed by atoms with Crippen molar-refractivity contribution in [1.29, 1.82) is 0 Å². The van der Waals surface area contributed by atoms with E-state index >= 15 is 0 Å². The molecule has 0 heterocycles. The molecule has 1 amide bonds. The van der Waals surface area contributed by atoms with Crippen molar-refractivity contribution < 1.29 is 14.3 Å². The summed E-state index contributed by atoms with van der Waals surface area (Å²) in [5, 5.41) is 0. The van der Waals surface area contributed by atoms with E-state index in [2.05, 4.69) is 17.4 Å². The van der Waals surface area contributed by atoms with Crippen LogP contribution in [0.25, 0.3) is 0 Å². The van der Waals surface area contributed by atoms with Crippen LogP contribution in [0.2, 0.25) is 0 Å². The lowest BCUT2D eigenvalue weighted by Crippen LogP contribution is -2.08. The first kappa shape index (κ1) is 12.3. The minimum atomic E-state index is -0.745. The Morgan fingerprint density at radius 1 is 1.21 bits per heavy atom. The highest BCUT2D eigenvalue weighted by Gasteiger charge is 1.85. The molecule has 0 aliphatic carbocycles. The summed E-state index contributed by atoms with van der Waals surface area (Å²) in [6.07, 6.45) is -0.745. The van der Waals surface area contributed by atoms with Crippen LogP contribution in [0.3, 0.4) is 0 Å². The Balaban J connectivity index is 0.000000292. The van der Waals surface area contributed by atoms with Gasteiger partial charge in [0, 0.05) is 0 Å². The van der Waals surface area contributed by atoms with Gasteiger partial charge in [-0.25, -0.2) is 4.79 Å². The summed E-state index contributed by atoms with van der Waals surface area (Å²) in [5.74, 6) is 0.917. The van der Waals surface area contributed by atoms with Crippen LogP contribution in [0.4, 0.5) is 4.79 Å². The highest BCUT2D eigenvalue weighted by molar-refractivity contribution is 5.64. The zero-order chi connectivity index (χ0) is 11.0. The molecule has 1 aromatic carbocycles. The second kappa shape index (κ2) is 6.77. The summed E-state index contributed by atoms with van der Waals surface area (Å²) < 4.78 is 8.86. The Kier molecular flexibility index (Phi) is 5.94. The SMILES string of the molecule is COC(N)=O.COc1ccc(C)cc1. The molecule has 4 nitrogen and oxygen atoms in total. The molecule has 0 bridgehead atoms. The standard InChI is InChI=1S/C8H10O.C2H5NO2/c1-7-3-5-8(9-2)6-4-7;1-5-2(3)4/h3-6H,1-2H3;1H3,(H2,3,4). The molecule has 0 spiro atoms. The third kappa shape index (κ3) is 5.88. The van der Waals surface area contributed by atoms with Crippen LogP contribution in [0.15, 0.2) is 24.3 Å². The van der Waals surface area contributed by atoms with E-state index in [4.69, 9.17) is 4.74 Å². The van der Waals surface area contributed by atoms with E-state index in [1.807, 2.05) is 24.3 Å². The topological polar surface area (TPSA) is 61.5 Å². The van der Waals surface area contributed by atoms with Crippen molar-refractivity contribution >= 4 is 6.09 Å². The molecule has 0 fully saturated rings. The van der Waals surface area contributed by atoms with Crippen LogP contribution >= 0.6 is 0 Å². The Morgan fingerprint density at radius 3 is 1.93 bits per heavy atom. The van der Waals surface area contributed by atoms with Crippen LogP contribution in [-0.4, -0.2) is 20.3 Å². The Morgan fingerprint density at radius 2 is 1.64 bits per heavy atom. The summed E-state index contributed by atoms with van der Waals surface area (Å²) in [6, 6.07) is 7.96. The predicted octanol–water partition coefficient (Wildman–Crippen LogP) is 1.72. The zero-order valence-corrected chi connectivity index (χ0v) is 8.61. The molecule has 2 N–H and O–H groups in total. The Labute approximate surface area is 83.6 Å². The number of hydrogen-bond acceptors (Lipinski definition) is 3. The fourth-order valence-electron chi connectivity index (χ4n) is 0.674. The van der Waals surface area contributed by atoms with E-state index in [-0.39, 0.29) is 0 Å². The fraction of sp³-hybridized carbons (Fsp3) is 0.300. The maximum absolute atomic E-state index is 9.37. The first-order valence-electron chi connectivity index (χ1n) is 4.04. The molecule has 1 rings (SSSR count). The largest absolute Gasteiger partial charge is 0.497 e. The van der Waals surface area contributed by atoms with Gasteiger partial charge in [-0.3, -0.25) is 0 Å². The average molecular weight is 197 g/mol. The van der Waals surface area contributed by atoms with Gasteiger partial charge in [0.05, 0.1) is 14.2 Å². The predicted molar refractivity (Wildman–Crippen MR) is 54.3 cm³/mol. The molecule has 78 valence electrons. The number of rotatable bonds is 1. The first-order chi connectivity index (χ1) is 6.60. The van der Waals surface area contributed by atoms with Crippen molar-refractivity contribution in [1.82, 2.24) is 0 Å². The number of aryl methyl sites for hydroxylation is 1. The van der Waals surface area contributed by atoms with Gasteiger partial charge in [0.25, 0.3) is 0 Å². The molecule has 0 aromatic heterocycles. The summed E-state index contributed by atoms with van der Waals surface area (Å²) in [6.45, 7) is 2.06. The molecule has 1 aromatic rings. The van der Waals surface area contributed by atoms with E-state index in [9.17, 15) is 4.79 Å². The molecule has 0 aliphatic rings. The molecule has 0 unspecified atom stereocenters. The van der Waals surface area contributed by atoms with Crippen molar-refractivity contribution in [3.05, 3.63) is 29.8 Å². The number of benzene rings is 1. The summed E-state index contributed by atoms with van der Waals surface area (Å²) >= 11 is 0. The quantitative estimate of drug-likeness (QED) is 0.745. The second-order valence-corrected chi connectivity index (χ2v) is 2.54. The average Bonchev–Trinajstić information content (AvgIpc) is 2.20. The number of carbonyl (C=O) groups is 1. The molecule has 0 saturated heterocycles. The van der Waals surface area contributed by atoms with Gasteiger partial charge in [-0.05, 0) is 19.1 Å². The molecule has 4 heteroatoms. The fourth-order valence-corrected chi connectivity index (χ4v) is 0.674. The highest BCUT2D eigenvalue weighted by Crippen LogP contribution is 2.09. The van der Waals surface area contributed by atoms with Crippen molar-refractivity contribution in [2.75, 3.05) is 14.2 Å². The molecular weight excluding hydrogens is 182 g/mol. The van der Waals surface area contributed by atoms with Gasteiger partial charge in [-0.1, -0.05) is 17.7 Å². The number of nitrogens with two attached hydrogens (primary N) is 1. The van der Waals surface area contributed by atoms with Gasteiger partial charge in [-0.15, -0.1) is 0 Å². The van der Waals surface area contributed by atoms with Crippen molar-refractivity contribution in [2.24, 2.45) is 5.73 Å². The number of ether oxygens (including phenoxy) is 2. The van der Waals surface area contributed by atoms with E-state index in [0.29, 0.717) is 0 Å². The van der Waals surface area contributed by atoms with Crippen LogP contribution in [0.1, 0.15) is 5.56 Å². The number of carbonyl (C=O) groups excluding carboxylic acids is 1. The van der Waals surface area contributed by atoms with E-state index < -0.39 is 6.09 Å². The van der Waals surface area contributed by atoms with Crippen LogP contribution < -0.4 is 10.5 Å². The molecule has 0 saturated carbocycles. The van der Waals surface area contributed by atoms with Crippen LogP contribution in [0.5, 0.6) is 5.75 Å². The van der Waals surface area contributed by atoms with Crippen molar-refractivity contribution in [2.45, 2.75) is 6.92 Å². The number of amides is 1. The number of methoxy groups -OCH3 is 2. The molecule has 0 atom stereocenters. The number of hydrogen-bond donors (Lipinski definition) is 1. The van der Waals surface area contributed by atoms with Gasteiger partial charge in [0.15, 0.2) is 0 Å². The minimum absolute atomic E-state index is 0.745. The zero-order valence-electron chi connectivity index (χ0n) is 8.61. The lowest BCUT2D eigenvalue weighted by atomic mass is 10.2. The third-order valence-electron chi connectivity index (χ3n) is 1.46. The van der Waals surface area contributed by atoms with Gasteiger partial charge in [0.1, 0.15) is 5.75 Å². The highest BCUT2D eigenvalue weighted by atomic mass is 16.5. The molecule has 14 heavy (non-hydrogen) atoms. The van der Waals surface area contributed by atoms with Crippen molar-refractivity contribution in [3.8, 4) is 5.75 Å². The maximum Gasteiger partial charge on any atom is 0.404 e. The lowest BCUT2D eigenvalue weighted by Gasteiger charge is -1.97. The van der Waals surface area contributed by atoms with E-state index in [1.165, 1.54) is 12.7 Å². The van der Waals surface area contributed by atoms with Gasteiger partial charge < -0.3 is 15.2 Å². The summed E-state index contributed by atoms with van der Waals surface area (Å²) in [5.41, 5.74) is 5.69. The second-order valence-electron chi connectivity index (χ2n) is 2.54. The summed E-state index contributed by atoms with van der Waals surface area (Å²) in [4.78, 5) is 9.37. The Bertz CT molecular complexity index is 269. The number of primary amides is 1. The lowest BCUT2D eigenvalue weighted by molar-refractivity contribution is 0.182. The monoisotopic (exact) mass is 197 g/mol. The first-order valence-corrected chi connectivity index (χ1v) is 4.04. The third-order valence-corrected chi connectivity index (χ3v) is 1.46. The van der Waals surface area contributed by atoms with Crippen LogP contribution in [-0.2, 0) is 4.74 Å². The van der Waals surface area contributed by atoms with E-state index in [1.54, 1.807) is 7.11 Å². The van der Waals surface area contributed by atoms with Crippen LogP contribution in [0, 0.1) is 6.92 Å². The van der Waals surface area contributed by atoms with E-state index in [0.717, 1.165) is 5.75 Å². The van der Waals surface area contributed by atoms with Gasteiger partial charge >= 0.3 is 6.09 Å².